The van der Waals surface area contributed by atoms with Gasteiger partial charge in [0.15, 0.2) is 0 Å². The van der Waals surface area contributed by atoms with Crippen molar-refractivity contribution in [1.29, 1.82) is 0 Å². The average molecular weight is 269 g/mol. The zero-order valence-electron chi connectivity index (χ0n) is 9.77. The molecular formula is C13H13F2NOS. The molecule has 0 saturated carbocycles. The third-order valence-corrected chi connectivity index (χ3v) is 3.93. The maximum atomic E-state index is 13.6. The van der Waals surface area contributed by atoms with Crippen LogP contribution in [0.5, 0.6) is 0 Å². The summed E-state index contributed by atoms with van der Waals surface area (Å²) in [4.78, 5) is 0.230. The van der Waals surface area contributed by atoms with Crippen LogP contribution in [0, 0.1) is 11.6 Å². The van der Waals surface area contributed by atoms with Crippen LogP contribution in [-0.4, -0.2) is 6.04 Å². The van der Waals surface area contributed by atoms with Crippen molar-refractivity contribution in [2.45, 2.75) is 23.1 Å². The van der Waals surface area contributed by atoms with Gasteiger partial charge >= 0.3 is 0 Å². The lowest BCUT2D eigenvalue weighted by Crippen LogP contribution is -2.22. The first-order valence-corrected chi connectivity index (χ1v) is 6.36. The van der Waals surface area contributed by atoms with Gasteiger partial charge in [-0.15, -0.1) is 11.8 Å². The Kier molecular flexibility index (Phi) is 4.04. The van der Waals surface area contributed by atoms with E-state index < -0.39 is 11.6 Å². The molecule has 1 aromatic heterocycles. The molecule has 96 valence electrons. The summed E-state index contributed by atoms with van der Waals surface area (Å²) in [5.74, 6) is -0.279. The van der Waals surface area contributed by atoms with Gasteiger partial charge in [-0.1, -0.05) is 0 Å². The minimum Gasteiger partial charge on any atom is -0.468 e. The Morgan fingerprint density at radius 3 is 2.67 bits per heavy atom. The van der Waals surface area contributed by atoms with E-state index >= 15 is 0 Å². The van der Waals surface area contributed by atoms with Gasteiger partial charge < -0.3 is 10.2 Å². The normalized spacial score (nSPS) is 14.4. The first-order chi connectivity index (χ1) is 8.58. The molecule has 1 heterocycles. The molecule has 0 radical (unpaired) electrons. The molecule has 0 aliphatic rings. The minimum absolute atomic E-state index is 0.230. The van der Waals surface area contributed by atoms with E-state index in [0.29, 0.717) is 5.76 Å². The number of thioether (sulfide) groups is 1. The monoisotopic (exact) mass is 269 g/mol. The highest BCUT2D eigenvalue weighted by Gasteiger charge is 2.22. The molecule has 2 nitrogen and oxygen atoms in total. The van der Waals surface area contributed by atoms with Crippen LogP contribution in [0.3, 0.4) is 0 Å². The predicted octanol–water partition coefficient (Wildman–Crippen LogP) is 3.74. The van der Waals surface area contributed by atoms with E-state index in [1.165, 1.54) is 12.3 Å². The number of hydrogen-bond acceptors (Lipinski definition) is 3. The maximum absolute atomic E-state index is 13.6. The van der Waals surface area contributed by atoms with Gasteiger partial charge in [0.2, 0.25) is 0 Å². The van der Waals surface area contributed by atoms with Crippen molar-refractivity contribution in [3.63, 3.8) is 0 Å². The minimum atomic E-state index is -0.471. The molecule has 2 aromatic rings. The highest BCUT2D eigenvalue weighted by Crippen LogP contribution is 2.38. The summed E-state index contributed by atoms with van der Waals surface area (Å²) < 4.78 is 32.0. The second-order valence-electron chi connectivity index (χ2n) is 3.99. The SMILES string of the molecule is CC(N)C(Sc1cc(F)ccc1F)c1ccco1. The molecule has 2 unspecified atom stereocenters. The zero-order valence-corrected chi connectivity index (χ0v) is 10.6. The van der Waals surface area contributed by atoms with Crippen molar-refractivity contribution >= 4 is 11.8 Å². The number of nitrogens with two attached hydrogens (primary N) is 1. The van der Waals surface area contributed by atoms with Crippen molar-refractivity contribution in [3.8, 4) is 0 Å². The zero-order chi connectivity index (χ0) is 13.1. The highest BCUT2D eigenvalue weighted by atomic mass is 32.2. The van der Waals surface area contributed by atoms with Gasteiger partial charge in [-0.25, -0.2) is 8.78 Å². The second-order valence-corrected chi connectivity index (χ2v) is 5.17. The summed E-state index contributed by atoms with van der Waals surface area (Å²) in [6, 6.07) is 6.64. The lowest BCUT2D eigenvalue weighted by Gasteiger charge is -2.18. The van der Waals surface area contributed by atoms with Crippen LogP contribution in [0.2, 0.25) is 0 Å². The van der Waals surface area contributed by atoms with Gasteiger partial charge in [0.25, 0.3) is 0 Å². The van der Waals surface area contributed by atoms with Gasteiger partial charge in [-0.05, 0) is 37.3 Å². The molecule has 0 aliphatic heterocycles. The summed E-state index contributed by atoms with van der Waals surface area (Å²) in [5, 5.41) is -0.253. The van der Waals surface area contributed by atoms with E-state index in [9.17, 15) is 8.78 Å². The molecule has 0 amide bonds. The molecule has 1 aromatic carbocycles. The van der Waals surface area contributed by atoms with Crippen molar-refractivity contribution in [2.24, 2.45) is 5.73 Å². The van der Waals surface area contributed by atoms with Gasteiger partial charge in [0, 0.05) is 10.9 Å². The summed E-state index contributed by atoms with van der Waals surface area (Å²) in [5.41, 5.74) is 5.87. The van der Waals surface area contributed by atoms with Crippen LogP contribution in [0.1, 0.15) is 17.9 Å². The Hall–Kier alpha value is -1.33. The Labute approximate surface area is 108 Å². The van der Waals surface area contributed by atoms with Crippen LogP contribution in [0.15, 0.2) is 45.9 Å². The number of halogens is 2. The van der Waals surface area contributed by atoms with Crippen LogP contribution < -0.4 is 5.73 Å². The Morgan fingerprint density at radius 2 is 2.06 bits per heavy atom. The van der Waals surface area contributed by atoms with Gasteiger partial charge in [0.1, 0.15) is 17.4 Å². The summed E-state index contributed by atoms with van der Waals surface area (Å²) in [7, 11) is 0. The van der Waals surface area contributed by atoms with E-state index in [-0.39, 0.29) is 16.2 Å². The fourth-order valence-corrected chi connectivity index (χ4v) is 2.68. The molecule has 0 aliphatic carbocycles. The molecule has 0 bridgehead atoms. The lowest BCUT2D eigenvalue weighted by molar-refractivity contribution is 0.486. The molecule has 5 heteroatoms. The Bertz CT molecular complexity index is 514. The number of benzene rings is 1. The molecule has 0 spiro atoms. The van der Waals surface area contributed by atoms with Crippen LogP contribution >= 0.6 is 11.8 Å². The van der Waals surface area contributed by atoms with Crippen molar-refractivity contribution in [3.05, 3.63) is 54.0 Å². The van der Waals surface area contributed by atoms with E-state index in [1.54, 1.807) is 19.1 Å². The fraction of sp³-hybridized carbons (Fsp3) is 0.231. The van der Waals surface area contributed by atoms with Crippen molar-refractivity contribution in [2.75, 3.05) is 0 Å². The highest BCUT2D eigenvalue weighted by molar-refractivity contribution is 7.99. The molecule has 0 saturated heterocycles. The van der Waals surface area contributed by atoms with E-state index in [4.69, 9.17) is 10.2 Å². The summed E-state index contributed by atoms with van der Waals surface area (Å²) in [6.45, 7) is 1.80. The van der Waals surface area contributed by atoms with E-state index in [0.717, 1.165) is 23.9 Å². The second kappa shape index (κ2) is 5.54. The smallest absolute Gasteiger partial charge is 0.136 e. The van der Waals surface area contributed by atoms with Crippen LogP contribution in [0.25, 0.3) is 0 Å². The number of hydrogen-bond donors (Lipinski definition) is 1. The first-order valence-electron chi connectivity index (χ1n) is 5.48. The molecule has 2 atom stereocenters. The maximum Gasteiger partial charge on any atom is 0.136 e. The van der Waals surface area contributed by atoms with E-state index in [2.05, 4.69) is 0 Å². The van der Waals surface area contributed by atoms with Crippen LogP contribution in [-0.2, 0) is 0 Å². The van der Waals surface area contributed by atoms with Gasteiger partial charge in [-0.3, -0.25) is 0 Å². The number of furan rings is 1. The quantitative estimate of drug-likeness (QED) is 0.859. The molecular weight excluding hydrogens is 256 g/mol. The Morgan fingerprint density at radius 1 is 1.28 bits per heavy atom. The first kappa shape index (κ1) is 13.1. The lowest BCUT2D eigenvalue weighted by atomic mass is 10.2. The third kappa shape index (κ3) is 2.91. The topological polar surface area (TPSA) is 39.2 Å². The van der Waals surface area contributed by atoms with Crippen molar-refractivity contribution in [1.82, 2.24) is 0 Å². The predicted molar refractivity (Wildman–Crippen MR) is 67.3 cm³/mol. The van der Waals surface area contributed by atoms with Crippen LogP contribution in [0.4, 0.5) is 8.78 Å². The summed E-state index contributed by atoms with van der Waals surface area (Å²) >= 11 is 1.16. The van der Waals surface area contributed by atoms with Crippen molar-refractivity contribution < 1.29 is 13.2 Å². The average Bonchev–Trinajstić information content (AvgIpc) is 2.83. The molecule has 2 rings (SSSR count). The largest absolute Gasteiger partial charge is 0.468 e. The number of rotatable bonds is 4. The molecule has 0 fully saturated rings. The summed E-state index contributed by atoms with van der Waals surface area (Å²) in [6.07, 6.45) is 1.53. The molecule has 2 N–H and O–H groups in total. The van der Waals surface area contributed by atoms with Gasteiger partial charge in [0.05, 0.1) is 11.5 Å². The molecule has 18 heavy (non-hydrogen) atoms. The van der Waals surface area contributed by atoms with E-state index in [1.807, 2.05) is 0 Å². The fourth-order valence-electron chi connectivity index (χ4n) is 1.58. The standard InChI is InChI=1S/C13H13F2NOS/c1-8(16)13(11-3-2-6-17-11)18-12-7-9(14)4-5-10(12)15/h2-8,13H,16H2,1H3. The third-order valence-electron chi connectivity index (χ3n) is 2.45. The Balaban J connectivity index is 2.27. The van der Waals surface area contributed by atoms with Gasteiger partial charge in [-0.2, -0.15) is 0 Å².